The van der Waals surface area contributed by atoms with Gasteiger partial charge in [-0.1, -0.05) is 42.5 Å². The molecule has 0 amide bonds. The van der Waals surface area contributed by atoms with E-state index in [0.717, 1.165) is 24.9 Å². The molecule has 2 aromatic rings. The van der Waals surface area contributed by atoms with E-state index in [0.29, 0.717) is 0 Å². The number of halogens is 1. The molecule has 0 radical (unpaired) electrons. The second-order valence-electron chi connectivity index (χ2n) is 5.17. The zero-order chi connectivity index (χ0) is 14.2. The number of rotatable bonds is 7. The van der Waals surface area contributed by atoms with Gasteiger partial charge in [-0.2, -0.15) is 0 Å². The Hall–Kier alpha value is -1.67. The number of hydrogen-bond donors (Lipinski definition) is 1. The van der Waals surface area contributed by atoms with E-state index < -0.39 is 0 Å². The van der Waals surface area contributed by atoms with Crippen LogP contribution < -0.4 is 5.32 Å². The lowest BCUT2D eigenvalue weighted by molar-refractivity contribution is 0.545. The van der Waals surface area contributed by atoms with Gasteiger partial charge in [-0.25, -0.2) is 4.39 Å². The highest BCUT2D eigenvalue weighted by Gasteiger charge is 2.04. The lowest BCUT2D eigenvalue weighted by atomic mass is 10.1. The van der Waals surface area contributed by atoms with Crippen LogP contribution >= 0.6 is 0 Å². The molecule has 0 unspecified atom stereocenters. The van der Waals surface area contributed by atoms with Gasteiger partial charge in [0.15, 0.2) is 0 Å². The van der Waals surface area contributed by atoms with E-state index in [9.17, 15) is 4.39 Å². The number of nitrogens with one attached hydrogen (secondary N) is 1. The second kappa shape index (κ2) is 7.81. The second-order valence-corrected chi connectivity index (χ2v) is 5.17. The van der Waals surface area contributed by atoms with Crippen molar-refractivity contribution in [3.8, 4) is 0 Å². The molecule has 0 aromatic heterocycles. The molecule has 0 aliphatic rings. The van der Waals surface area contributed by atoms with Gasteiger partial charge >= 0.3 is 0 Å². The number of hydrogen-bond acceptors (Lipinski definition) is 1. The lowest BCUT2D eigenvalue weighted by Crippen LogP contribution is -2.19. The summed E-state index contributed by atoms with van der Waals surface area (Å²) >= 11 is 0. The Bertz CT molecular complexity index is 493. The minimum atomic E-state index is -0.177. The van der Waals surface area contributed by atoms with Crippen LogP contribution in [0.4, 0.5) is 4.39 Å². The van der Waals surface area contributed by atoms with Crippen LogP contribution in [-0.4, -0.2) is 6.54 Å². The van der Waals surface area contributed by atoms with E-state index in [1.807, 2.05) is 12.1 Å². The summed E-state index contributed by atoms with van der Waals surface area (Å²) in [6, 6.07) is 17.6. The van der Waals surface area contributed by atoms with Crippen LogP contribution in [0.2, 0.25) is 0 Å². The van der Waals surface area contributed by atoms with Gasteiger partial charge in [0.2, 0.25) is 0 Å². The third kappa shape index (κ3) is 4.78. The molecule has 0 aliphatic heterocycles. The minimum absolute atomic E-state index is 0.177. The van der Waals surface area contributed by atoms with Crippen molar-refractivity contribution in [3.63, 3.8) is 0 Å². The quantitative estimate of drug-likeness (QED) is 0.731. The van der Waals surface area contributed by atoms with Crippen molar-refractivity contribution in [3.05, 3.63) is 71.5 Å². The summed E-state index contributed by atoms with van der Waals surface area (Å²) < 4.78 is 12.8. The fourth-order valence-corrected chi connectivity index (χ4v) is 2.29. The predicted molar refractivity (Wildman–Crippen MR) is 82.2 cm³/mol. The molecular formula is C18H22FN. The van der Waals surface area contributed by atoms with Gasteiger partial charge in [0.1, 0.15) is 5.82 Å². The number of unbranched alkanes of at least 4 members (excludes halogenated alkanes) is 1. The zero-order valence-electron chi connectivity index (χ0n) is 12.0. The fourth-order valence-electron chi connectivity index (χ4n) is 2.29. The lowest BCUT2D eigenvalue weighted by Gasteiger charge is -2.14. The largest absolute Gasteiger partial charge is 0.310 e. The summed E-state index contributed by atoms with van der Waals surface area (Å²) in [5.41, 5.74) is 2.54. The minimum Gasteiger partial charge on any atom is -0.310 e. The smallest absolute Gasteiger partial charge is 0.123 e. The highest BCUT2D eigenvalue weighted by atomic mass is 19.1. The molecule has 0 aliphatic carbocycles. The highest BCUT2D eigenvalue weighted by molar-refractivity contribution is 5.19. The molecule has 20 heavy (non-hydrogen) atoms. The van der Waals surface area contributed by atoms with Crippen LogP contribution in [-0.2, 0) is 6.42 Å². The summed E-state index contributed by atoms with van der Waals surface area (Å²) in [6.07, 6.45) is 3.47. The van der Waals surface area contributed by atoms with Crippen molar-refractivity contribution in [2.45, 2.75) is 32.2 Å². The fraction of sp³-hybridized carbons (Fsp3) is 0.333. The van der Waals surface area contributed by atoms with Crippen LogP contribution in [0.15, 0.2) is 54.6 Å². The highest BCUT2D eigenvalue weighted by Crippen LogP contribution is 2.13. The first-order valence-electron chi connectivity index (χ1n) is 7.28. The van der Waals surface area contributed by atoms with Gasteiger partial charge in [0, 0.05) is 6.04 Å². The van der Waals surface area contributed by atoms with Gasteiger partial charge in [0.25, 0.3) is 0 Å². The van der Waals surface area contributed by atoms with Crippen molar-refractivity contribution >= 4 is 0 Å². The molecule has 0 saturated heterocycles. The third-order valence-corrected chi connectivity index (χ3v) is 3.56. The van der Waals surface area contributed by atoms with E-state index in [-0.39, 0.29) is 11.9 Å². The first kappa shape index (κ1) is 14.7. The van der Waals surface area contributed by atoms with E-state index in [4.69, 9.17) is 0 Å². The van der Waals surface area contributed by atoms with Crippen molar-refractivity contribution in [2.24, 2.45) is 0 Å². The maximum absolute atomic E-state index is 12.8. The summed E-state index contributed by atoms with van der Waals surface area (Å²) in [5, 5.41) is 3.48. The van der Waals surface area contributed by atoms with Crippen LogP contribution in [0.1, 0.15) is 36.9 Å². The molecule has 2 heteroatoms. The molecule has 0 spiro atoms. The van der Waals surface area contributed by atoms with Crippen LogP contribution in [0.25, 0.3) is 0 Å². The van der Waals surface area contributed by atoms with Crippen molar-refractivity contribution in [1.82, 2.24) is 5.32 Å². The Morgan fingerprint density at radius 1 is 0.950 bits per heavy atom. The Morgan fingerprint density at radius 2 is 1.65 bits per heavy atom. The van der Waals surface area contributed by atoms with E-state index >= 15 is 0 Å². The Morgan fingerprint density at radius 3 is 2.35 bits per heavy atom. The first-order valence-corrected chi connectivity index (χ1v) is 7.28. The van der Waals surface area contributed by atoms with Gasteiger partial charge in [-0.15, -0.1) is 0 Å². The number of benzene rings is 2. The third-order valence-electron chi connectivity index (χ3n) is 3.56. The van der Waals surface area contributed by atoms with E-state index in [1.165, 1.54) is 24.1 Å². The molecule has 1 nitrogen and oxygen atoms in total. The summed E-state index contributed by atoms with van der Waals surface area (Å²) in [6.45, 7) is 3.11. The maximum Gasteiger partial charge on any atom is 0.123 e. The molecule has 0 saturated carbocycles. The van der Waals surface area contributed by atoms with Gasteiger partial charge in [-0.3, -0.25) is 0 Å². The van der Waals surface area contributed by atoms with Crippen LogP contribution in [0, 0.1) is 5.82 Å². The van der Waals surface area contributed by atoms with Gasteiger partial charge in [0.05, 0.1) is 0 Å². The zero-order valence-corrected chi connectivity index (χ0v) is 12.0. The maximum atomic E-state index is 12.8. The van der Waals surface area contributed by atoms with Crippen LogP contribution in [0.3, 0.4) is 0 Å². The van der Waals surface area contributed by atoms with E-state index in [1.54, 1.807) is 0 Å². The Labute approximate surface area is 120 Å². The molecule has 2 aromatic carbocycles. The average molecular weight is 271 g/mol. The summed E-state index contributed by atoms with van der Waals surface area (Å²) in [5.74, 6) is -0.177. The topological polar surface area (TPSA) is 12.0 Å². The monoisotopic (exact) mass is 271 g/mol. The molecule has 1 N–H and O–H groups in total. The Balaban J connectivity index is 1.64. The SMILES string of the molecule is C[C@H](NCCCCc1ccccc1)c1ccc(F)cc1. The molecule has 0 fully saturated rings. The number of aryl methyl sites for hydroxylation is 1. The molecular weight excluding hydrogens is 249 g/mol. The van der Waals surface area contributed by atoms with Crippen molar-refractivity contribution in [1.29, 1.82) is 0 Å². The molecule has 0 bridgehead atoms. The molecule has 1 atom stereocenters. The standard InChI is InChI=1S/C18H22FN/c1-15(17-10-12-18(19)13-11-17)20-14-6-5-9-16-7-3-2-4-8-16/h2-4,7-8,10-13,15,20H,5-6,9,14H2,1H3/t15-/m0/s1. The molecule has 106 valence electrons. The average Bonchev–Trinajstić information content (AvgIpc) is 2.48. The van der Waals surface area contributed by atoms with Gasteiger partial charge in [-0.05, 0) is 56.0 Å². The summed E-state index contributed by atoms with van der Waals surface area (Å²) in [7, 11) is 0. The first-order chi connectivity index (χ1) is 9.75. The predicted octanol–water partition coefficient (Wildman–Crippen LogP) is 4.50. The Kier molecular flexibility index (Phi) is 5.75. The molecule has 0 heterocycles. The van der Waals surface area contributed by atoms with Crippen molar-refractivity contribution < 1.29 is 4.39 Å². The van der Waals surface area contributed by atoms with Crippen molar-refractivity contribution in [2.75, 3.05) is 6.54 Å². The van der Waals surface area contributed by atoms with E-state index in [2.05, 4.69) is 42.6 Å². The van der Waals surface area contributed by atoms with Crippen LogP contribution in [0.5, 0.6) is 0 Å². The van der Waals surface area contributed by atoms with Gasteiger partial charge < -0.3 is 5.32 Å². The summed E-state index contributed by atoms with van der Waals surface area (Å²) in [4.78, 5) is 0. The molecule has 2 rings (SSSR count). The normalized spacial score (nSPS) is 12.3.